The van der Waals surface area contributed by atoms with E-state index in [9.17, 15) is 0 Å². The molecule has 18 heavy (non-hydrogen) atoms. The predicted molar refractivity (Wildman–Crippen MR) is 84.3 cm³/mol. The van der Waals surface area contributed by atoms with E-state index in [2.05, 4.69) is 73.2 Å². The molecule has 1 fully saturated rings. The molecule has 0 bridgehead atoms. The van der Waals surface area contributed by atoms with Crippen molar-refractivity contribution < 1.29 is 0 Å². The lowest BCUT2D eigenvalue weighted by molar-refractivity contribution is 0.233. The van der Waals surface area contributed by atoms with Gasteiger partial charge in [0.1, 0.15) is 0 Å². The quantitative estimate of drug-likeness (QED) is 0.874. The van der Waals surface area contributed by atoms with Crippen molar-refractivity contribution in [2.45, 2.75) is 6.54 Å². The Morgan fingerprint density at radius 1 is 1.17 bits per heavy atom. The number of hydrogen-bond acceptors (Lipinski definition) is 3. The Morgan fingerprint density at radius 2 is 1.72 bits per heavy atom. The Kier molecular flexibility index (Phi) is 5.06. The molecule has 1 N–H and O–H groups in total. The minimum Gasteiger partial charge on any atom is -0.376 e. The zero-order valence-corrected chi connectivity index (χ0v) is 14.0. The standard InChI is InChI=1S/C13H19Br2N3/c1-17(2)13-11(14)7-10(8-12(13)15)9-18-5-3-16-4-6-18/h7-8,16H,3-6,9H2,1-2H3. The van der Waals surface area contributed by atoms with Crippen LogP contribution in [0.3, 0.4) is 0 Å². The average Bonchev–Trinajstić information content (AvgIpc) is 2.28. The van der Waals surface area contributed by atoms with Crippen molar-refractivity contribution in [2.75, 3.05) is 45.2 Å². The van der Waals surface area contributed by atoms with Crippen LogP contribution in [0.5, 0.6) is 0 Å². The molecule has 2 rings (SSSR count). The van der Waals surface area contributed by atoms with Crippen LogP contribution in [0.1, 0.15) is 5.56 Å². The van der Waals surface area contributed by atoms with Gasteiger partial charge in [-0.25, -0.2) is 0 Å². The van der Waals surface area contributed by atoms with Crippen molar-refractivity contribution in [1.29, 1.82) is 0 Å². The molecule has 100 valence electrons. The second-order valence-electron chi connectivity index (χ2n) is 4.83. The first-order chi connectivity index (χ1) is 8.58. The molecule has 0 aliphatic carbocycles. The van der Waals surface area contributed by atoms with Crippen LogP contribution in [-0.2, 0) is 6.54 Å². The summed E-state index contributed by atoms with van der Waals surface area (Å²) in [7, 11) is 4.11. The highest BCUT2D eigenvalue weighted by Gasteiger charge is 2.13. The monoisotopic (exact) mass is 375 g/mol. The SMILES string of the molecule is CN(C)c1c(Br)cc(CN2CCNCC2)cc1Br. The smallest absolute Gasteiger partial charge is 0.0650 e. The summed E-state index contributed by atoms with van der Waals surface area (Å²) in [6, 6.07) is 4.45. The zero-order valence-electron chi connectivity index (χ0n) is 10.8. The third kappa shape index (κ3) is 3.47. The van der Waals surface area contributed by atoms with Crippen molar-refractivity contribution >= 4 is 37.5 Å². The Morgan fingerprint density at radius 3 is 2.22 bits per heavy atom. The maximum absolute atomic E-state index is 3.66. The number of nitrogens with zero attached hydrogens (tertiary/aromatic N) is 2. The first-order valence-electron chi connectivity index (χ1n) is 6.16. The first-order valence-corrected chi connectivity index (χ1v) is 7.75. The van der Waals surface area contributed by atoms with Gasteiger partial charge in [0.2, 0.25) is 0 Å². The maximum atomic E-state index is 3.66. The van der Waals surface area contributed by atoms with Gasteiger partial charge < -0.3 is 10.2 Å². The number of benzene rings is 1. The number of nitrogens with one attached hydrogen (secondary N) is 1. The average molecular weight is 377 g/mol. The second-order valence-corrected chi connectivity index (χ2v) is 6.54. The largest absolute Gasteiger partial charge is 0.376 e. The lowest BCUT2D eigenvalue weighted by atomic mass is 10.1. The molecule has 1 heterocycles. The van der Waals surface area contributed by atoms with Gasteiger partial charge in [0.25, 0.3) is 0 Å². The van der Waals surface area contributed by atoms with Crippen molar-refractivity contribution in [3.8, 4) is 0 Å². The highest BCUT2D eigenvalue weighted by Crippen LogP contribution is 2.34. The van der Waals surface area contributed by atoms with Gasteiger partial charge in [0.05, 0.1) is 5.69 Å². The zero-order chi connectivity index (χ0) is 13.1. The van der Waals surface area contributed by atoms with E-state index in [0.717, 1.165) is 41.7 Å². The second kappa shape index (κ2) is 6.37. The van der Waals surface area contributed by atoms with E-state index in [1.54, 1.807) is 0 Å². The fourth-order valence-corrected chi connectivity index (χ4v) is 4.25. The molecule has 0 amide bonds. The molecule has 3 nitrogen and oxygen atoms in total. The van der Waals surface area contributed by atoms with Crippen LogP contribution in [0.2, 0.25) is 0 Å². The third-order valence-corrected chi connectivity index (χ3v) is 4.35. The fraction of sp³-hybridized carbons (Fsp3) is 0.538. The molecular weight excluding hydrogens is 358 g/mol. The number of piperazine rings is 1. The molecule has 0 radical (unpaired) electrons. The number of rotatable bonds is 3. The number of hydrogen-bond donors (Lipinski definition) is 1. The third-order valence-electron chi connectivity index (χ3n) is 3.14. The van der Waals surface area contributed by atoms with Gasteiger partial charge in [-0.2, -0.15) is 0 Å². The van der Waals surface area contributed by atoms with Crippen LogP contribution in [0.25, 0.3) is 0 Å². The van der Waals surface area contributed by atoms with Crippen molar-refractivity contribution in [3.05, 3.63) is 26.6 Å². The van der Waals surface area contributed by atoms with Crippen molar-refractivity contribution in [1.82, 2.24) is 10.2 Å². The highest BCUT2D eigenvalue weighted by atomic mass is 79.9. The van der Waals surface area contributed by atoms with E-state index in [0.29, 0.717) is 0 Å². The number of halogens is 2. The van der Waals surface area contributed by atoms with E-state index in [1.165, 1.54) is 11.3 Å². The molecule has 0 atom stereocenters. The van der Waals surface area contributed by atoms with Gasteiger partial charge in [-0.15, -0.1) is 0 Å². The van der Waals surface area contributed by atoms with E-state index in [1.807, 2.05) is 0 Å². The van der Waals surface area contributed by atoms with Crippen LogP contribution in [0.4, 0.5) is 5.69 Å². The van der Waals surface area contributed by atoms with Crippen LogP contribution >= 0.6 is 31.9 Å². The van der Waals surface area contributed by atoms with Gasteiger partial charge in [-0.3, -0.25) is 4.90 Å². The van der Waals surface area contributed by atoms with Crippen LogP contribution in [0, 0.1) is 0 Å². The minimum atomic E-state index is 1.02. The lowest BCUT2D eigenvalue weighted by Gasteiger charge is -2.27. The van der Waals surface area contributed by atoms with Gasteiger partial charge in [-0.05, 0) is 49.6 Å². The van der Waals surface area contributed by atoms with E-state index >= 15 is 0 Å². The van der Waals surface area contributed by atoms with Gasteiger partial charge in [-0.1, -0.05) is 0 Å². The topological polar surface area (TPSA) is 18.5 Å². The Bertz CT molecular complexity index is 392. The summed E-state index contributed by atoms with van der Waals surface area (Å²) in [5.74, 6) is 0. The lowest BCUT2D eigenvalue weighted by Crippen LogP contribution is -2.42. The highest BCUT2D eigenvalue weighted by molar-refractivity contribution is 9.11. The molecule has 1 aliphatic rings. The molecule has 1 aromatic rings. The molecule has 0 unspecified atom stereocenters. The van der Waals surface area contributed by atoms with Gasteiger partial charge in [0.15, 0.2) is 0 Å². The van der Waals surface area contributed by atoms with E-state index in [4.69, 9.17) is 0 Å². The summed E-state index contributed by atoms with van der Waals surface area (Å²) in [6.45, 7) is 5.47. The van der Waals surface area contributed by atoms with Gasteiger partial charge >= 0.3 is 0 Å². The number of anilines is 1. The minimum absolute atomic E-state index is 1.02. The normalized spacial score (nSPS) is 16.9. The molecule has 0 spiro atoms. The Labute approximate surface area is 126 Å². The predicted octanol–water partition coefficient (Wildman–Crippen LogP) is 2.68. The molecule has 1 aromatic carbocycles. The van der Waals surface area contributed by atoms with Crippen molar-refractivity contribution in [3.63, 3.8) is 0 Å². The summed E-state index contributed by atoms with van der Waals surface area (Å²) in [6.07, 6.45) is 0. The molecular formula is C13H19Br2N3. The van der Waals surface area contributed by atoms with Crippen molar-refractivity contribution in [2.24, 2.45) is 0 Å². The molecule has 1 aliphatic heterocycles. The first kappa shape index (κ1) is 14.3. The van der Waals surface area contributed by atoms with Crippen LogP contribution in [-0.4, -0.2) is 45.2 Å². The molecule has 1 saturated heterocycles. The summed E-state index contributed by atoms with van der Waals surface area (Å²) in [5, 5.41) is 3.38. The van der Waals surface area contributed by atoms with Crippen LogP contribution < -0.4 is 10.2 Å². The van der Waals surface area contributed by atoms with Crippen LogP contribution in [0.15, 0.2) is 21.1 Å². The molecule has 0 aromatic heterocycles. The summed E-state index contributed by atoms with van der Waals surface area (Å²) in [4.78, 5) is 4.60. The molecule has 5 heteroatoms. The summed E-state index contributed by atoms with van der Waals surface area (Å²) >= 11 is 7.32. The van der Waals surface area contributed by atoms with E-state index < -0.39 is 0 Å². The van der Waals surface area contributed by atoms with Gasteiger partial charge in [0, 0.05) is 55.8 Å². The molecule has 0 saturated carbocycles. The summed E-state index contributed by atoms with van der Waals surface area (Å²) in [5.41, 5.74) is 2.54. The fourth-order valence-electron chi connectivity index (χ4n) is 2.26. The summed E-state index contributed by atoms with van der Waals surface area (Å²) < 4.78 is 2.29. The Hall–Kier alpha value is -0.100. The Balaban J connectivity index is 2.14. The van der Waals surface area contributed by atoms with E-state index in [-0.39, 0.29) is 0 Å². The maximum Gasteiger partial charge on any atom is 0.0650 e.